The summed E-state index contributed by atoms with van der Waals surface area (Å²) in [5, 5.41) is 1.25. The molecule has 1 aromatic carbocycles. The number of hydrogen-bond acceptors (Lipinski definition) is 3. The Hall–Kier alpha value is -0.853. The van der Waals surface area contributed by atoms with Crippen molar-refractivity contribution in [2.75, 3.05) is 0 Å². The molecule has 2 atom stereocenters. The maximum absolute atomic E-state index is 11.7. The van der Waals surface area contributed by atoms with Crippen LogP contribution in [-0.2, 0) is 14.0 Å². The van der Waals surface area contributed by atoms with Crippen LogP contribution in [0, 0.1) is 5.92 Å². The van der Waals surface area contributed by atoms with E-state index in [1.54, 1.807) is 6.92 Å². The van der Waals surface area contributed by atoms with Gasteiger partial charge in [-0.05, 0) is 6.04 Å². The first kappa shape index (κ1) is 15.5. The predicted octanol–water partition coefficient (Wildman–Crippen LogP) is 1.93. The van der Waals surface area contributed by atoms with Gasteiger partial charge in [0.15, 0.2) is 0 Å². The van der Waals surface area contributed by atoms with Crippen LogP contribution in [0.2, 0.25) is 19.1 Å². The number of hydrogen-bond donors (Lipinski definition) is 0. The van der Waals surface area contributed by atoms with Crippen molar-refractivity contribution < 1.29 is 13.2 Å². The standard InChI is InChI=1S/C13H18ClNO3SSi/c1-10-12(15(13(10)16)19(14,17)18)9-20(2,3)11-7-5-4-6-8-11/h4-8,10,12H,9H2,1-3H3/t10-,12-/m1/s1. The first-order valence-corrected chi connectivity index (χ1v) is 12.0. The van der Waals surface area contributed by atoms with E-state index in [1.165, 1.54) is 5.19 Å². The quantitative estimate of drug-likeness (QED) is 0.481. The molecule has 110 valence electrons. The molecule has 1 aliphatic heterocycles. The predicted molar refractivity (Wildman–Crippen MR) is 82.9 cm³/mol. The molecule has 0 radical (unpaired) electrons. The molecule has 4 nitrogen and oxygen atoms in total. The molecule has 0 bridgehead atoms. The molecule has 1 amide bonds. The van der Waals surface area contributed by atoms with Crippen molar-refractivity contribution in [1.29, 1.82) is 0 Å². The first-order chi connectivity index (χ1) is 9.14. The van der Waals surface area contributed by atoms with Crippen LogP contribution < -0.4 is 5.19 Å². The van der Waals surface area contributed by atoms with E-state index in [4.69, 9.17) is 10.7 Å². The normalized spacial score (nSPS) is 23.6. The highest BCUT2D eigenvalue weighted by Crippen LogP contribution is 2.36. The van der Waals surface area contributed by atoms with Crippen LogP contribution in [0.1, 0.15) is 6.92 Å². The number of halogens is 1. The van der Waals surface area contributed by atoms with Crippen LogP contribution >= 0.6 is 10.7 Å². The zero-order chi connectivity index (χ0) is 15.1. The van der Waals surface area contributed by atoms with Gasteiger partial charge in [-0.1, -0.05) is 55.5 Å². The summed E-state index contributed by atoms with van der Waals surface area (Å²) >= 11 is 0. The minimum absolute atomic E-state index is 0.279. The summed E-state index contributed by atoms with van der Waals surface area (Å²) < 4.78 is 23.8. The van der Waals surface area contributed by atoms with Crippen LogP contribution in [0.3, 0.4) is 0 Å². The number of nitrogens with zero attached hydrogens (tertiary/aromatic N) is 1. The number of amides is 1. The zero-order valence-electron chi connectivity index (χ0n) is 11.7. The Bertz CT molecular complexity index is 618. The van der Waals surface area contributed by atoms with Gasteiger partial charge in [0.1, 0.15) is 0 Å². The van der Waals surface area contributed by atoms with Crippen LogP contribution in [0.5, 0.6) is 0 Å². The first-order valence-electron chi connectivity index (χ1n) is 6.48. The lowest BCUT2D eigenvalue weighted by atomic mass is 9.94. The molecule has 1 aromatic rings. The average Bonchev–Trinajstić information content (AvgIpc) is 2.37. The molecule has 1 fully saturated rings. The molecule has 0 saturated carbocycles. The molecule has 0 unspecified atom stereocenters. The maximum atomic E-state index is 11.7. The van der Waals surface area contributed by atoms with Crippen molar-refractivity contribution in [3.8, 4) is 0 Å². The fourth-order valence-electron chi connectivity index (χ4n) is 2.71. The molecule has 1 aliphatic rings. The highest BCUT2D eigenvalue weighted by molar-refractivity contribution is 8.12. The second-order valence-corrected chi connectivity index (χ2v) is 13.0. The second-order valence-electron chi connectivity index (χ2n) is 5.89. The van der Waals surface area contributed by atoms with Crippen LogP contribution in [0.4, 0.5) is 0 Å². The molecule has 1 saturated heterocycles. The monoisotopic (exact) mass is 331 g/mol. The van der Waals surface area contributed by atoms with Crippen molar-refractivity contribution >= 4 is 39.1 Å². The van der Waals surface area contributed by atoms with Gasteiger partial charge < -0.3 is 0 Å². The van der Waals surface area contributed by atoms with Gasteiger partial charge in [-0.2, -0.15) is 8.42 Å². The summed E-state index contributed by atoms with van der Waals surface area (Å²) in [7, 11) is -0.437. The third kappa shape index (κ3) is 2.77. The Balaban J connectivity index is 2.23. The van der Waals surface area contributed by atoms with Gasteiger partial charge in [0, 0.05) is 10.7 Å². The van der Waals surface area contributed by atoms with Gasteiger partial charge in [-0.25, -0.2) is 4.31 Å². The molecule has 7 heteroatoms. The van der Waals surface area contributed by atoms with Gasteiger partial charge in [0.2, 0.25) is 5.91 Å². The smallest absolute Gasteiger partial charge is 0.273 e. The largest absolute Gasteiger partial charge is 0.324 e. The number of β-lactam (4-membered cyclic amide) rings is 1. The number of carbonyl (C=O) groups is 1. The van der Waals surface area contributed by atoms with E-state index in [0.29, 0.717) is 6.04 Å². The van der Waals surface area contributed by atoms with Gasteiger partial charge >= 0.3 is 9.24 Å². The zero-order valence-corrected chi connectivity index (χ0v) is 14.3. The number of carbonyl (C=O) groups excluding carboxylic acids is 1. The topological polar surface area (TPSA) is 54.5 Å². The fraction of sp³-hybridized carbons (Fsp3) is 0.462. The van der Waals surface area contributed by atoms with Crippen molar-refractivity contribution in [1.82, 2.24) is 4.31 Å². The van der Waals surface area contributed by atoms with E-state index in [9.17, 15) is 13.2 Å². The summed E-state index contributed by atoms with van der Waals surface area (Å²) in [6.07, 6.45) is 0. The second kappa shape index (κ2) is 5.16. The molecule has 2 rings (SSSR count). The highest BCUT2D eigenvalue weighted by atomic mass is 35.7. The Morgan fingerprint density at radius 1 is 1.25 bits per heavy atom. The van der Waals surface area contributed by atoms with Crippen molar-refractivity contribution in [3.05, 3.63) is 30.3 Å². The van der Waals surface area contributed by atoms with Crippen LogP contribution in [0.25, 0.3) is 0 Å². The minimum Gasteiger partial charge on any atom is -0.273 e. The fourth-order valence-corrected chi connectivity index (χ4v) is 7.23. The van der Waals surface area contributed by atoms with E-state index in [-0.39, 0.29) is 12.0 Å². The maximum Gasteiger partial charge on any atom is 0.324 e. The highest BCUT2D eigenvalue weighted by Gasteiger charge is 2.52. The van der Waals surface area contributed by atoms with Crippen molar-refractivity contribution in [2.45, 2.75) is 32.1 Å². The number of benzene rings is 1. The Morgan fingerprint density at radius 2 is 1.80 bits per heavy atom. The third-order valence-electron chi connectivity index (χ3n) is 3.99. The lowest BCUT2D eigenvalue weighted by Crippen LogP contribution is -2.63. The SMILES string of the molecule is C[C@H]1C(=O)N(S(=O)(=O)Cl)[C@@H]1C[Si](C)(C)c1ccccc1. The summed E-state index contributed by atoms with van der Waals surface area (Å²) in [6, 6.07) is 10.4. The lowest BCUT2D eigenvalue weighted by Gasteiger charge is -2.45. The lowest BCUT2D eigenvalue weighted by molar-refractivity contribution is -0.143. The van der Waals surface area contributed by atoms with E-state index < -0.39 is 23.2 Å². The third-order valence-corrected chi connectivity index (χ3v) is 8.70. The Morgan fingerprint density at radius 3 is 2.30 bits per heavy atom. The van der Waals surface area contributed by atoms with Gasteiger partial charge in [-0.3, -0.25) is 4.79 Å². The van der Waals surface area contributed by atoms with E-state index >= 15 is 0 Å². The molecule has 0 N–H and O–H groups in total. The molecule has 0 spiro atoms. The average molecular weight is 332 g/mol. The molecular weight excluding hydrogens is 314 g/mol. The van der Waals surface area contributed by atoms with E-state index in [1.807, 2.05) is 18.2 Å². The minimum atomic E-state index is -3.97. The summed E-state index contributed by atoms with van der Waals surface area (Å²) in [5.41, 5.74) is 0. The van der Waals surface area contributed by atoms with Crippen molar-refractivity contribution in [3.63, 3.8) is 0 Å². The molecule has 0 aromatic heterocycles. The molecule has 1 heterocycles. The van der Waals surface area contributed by atoms with Gasteiger partial charge in [-0.15, -0.1) is 0 Å². The van der Waals surface area contributed by atoms with Gasteiger partial charge in [0.25, 0.3) is 0 Å². The van der Waals surface area contributed by atoms with E-state index in [0.717, 1.165) is 4.31 Å². The van der Waals surface area contributed by atoms with Crippen LogP contribution in [-0.4, -0.2) is 32.7 Å². The Labute approximate surface area is 125 Å². The Kier molecular flexibility index (Phi) is 4.01. The van der Waals surface area contributed by atoms with Gasteiger partial charge in [0.05, 0.1) is 20.0 Å². The summed E-state index contributed by atoms with van der Waals surface area (Å²) in [4.78, 5) is 11.7. The molecular formula is C13H18ClNO3SSi. The number of rotatable bonds is 4. The van der Waals surface area contributed by atoms with Crippen molar-refractivity contribution in [2.24, 2.45) is 5.92 Å². The van der Waals surface area contributed by atoms with E-state index in [2.05, 4.69) is 25.2 Å². The summed E-state index contributed by atoms with van der Waals surface area (Å²) in [5.74, 6) is -0.679. The summed E-state index contributed by atoms with van der Waals surface area (Å²) in [6.45, 7) is 6.12. The molecule has 0 aliphatic carbocycles. The van der Waals surface area contributed by atoms with Crippen LogP contribution in [0.15, 0.2) is 30.3 Å². The molecule has 20 heavy (non-hydrogen) atoms.